The highest BCUT2D eigenvalue weighted by molar-refractivity contribution is 5.97. The van der Waals surface area contributed by atoms with Crippen LogP contribution in [0, 0.1) is 26.2 Å². The van der Waals surface area contributed by atoms with E-state index in [1.54, 1.807) is 4.90 Å². The van der Waals surface area contributed by atoms with Crippen LogP contribution in [-0.4, -0.2) is 56.5 Å². The molecule has 2 heterocycles. The quantitative estimate of drug-likeness (QED) is 0.588. The molecule has 2 amide bonds. The first kappa shape index (κ1) is 25.7. The maximum atomic E-state index is 13.3. The van der Waals surface area contributed by atoms with Crippen LogP contribution < -0.4 is 0 Å². The molecule has 0 fully saturated rings. The second-order valence-corrected chi connectivity index (χ2v) is 9.34. The van der Waals surface area contributed by atoms with Crippen LogP contribution >= 0.6 is 0 Å². The van der Waals surface area contributed by atoms with Crippen LogP contribution in [0.3, 0.4) is 0 Å². The molecule has 9 heteroatoms. The molecule has 35 heavy (non-hydrogen) atoms. The van der Waals surface area contributed by atoms with Crippen LogP contribution in [0.2, 0.25) is 0 Å². The molecule has 0 aliphatic carbocycles. The van der Waals surface area contributed by atoms with Crippen LogP contribution in [0.4, 0.5) is 4.79 Å². The van der Waals surface area contributed by atoms with Crippen LogP contribution in [0.15, 0.2) is 35.7 Å². The smallest absolute Gasteiger partial charge is 0.411 e. The number of hydrazone groups is 1. The van der Waals surface area contributed by atoms with E-state index in [-0.39, 0.29) is 25.0 Å². The van der Waals surface area contributed by atoms with E-state index >= 15 is 0 Å². The van der Waals surface area contributed by atoms with E-state index in [4.69, 9.17) is 15.9 Å². The standard InChI is InChI=1S/C26H31N5O4/c1-8-13-31-21(32)16-34-24(29-31)23-22(27-11-12-28-23)19(4)30(25(33)35-26(5,6)7)15-20-10-9-17(2)18(3)14-20/h1,9-12,14,19H,13,15-16H2,2-7H3. The molecule has 1 atom stereocenters. The Labute approximate surface area is 206 Å². The Morgan fingerprint density at radius 3 is 2.63 bits per heavy atom. The van der Waals surface area contributed by atoms with Gasteiger partial charge in [-0.05, 0) is 58.2 Å². The van der Waals surface area contributed by atoms with Gasteiger partial charge in [0.15, 0.2) is 12.3 Å². The van der Waals surface area contributed by atoms with Gasteiger partial charge in [-0.1, -0.05) is 24.1 Å². The highest BCUT2D eigenvalue weighted by Crippen LogP contribution is 2.27. The number of nitrogens with zero attached hydrogens (tertiary/aromatic N) is 5. The zero-order valence-corrected chi connectivity index (χ0v) is 21.0. The minimum atomic E-state index is -0.684. The zero-order chi connectivity index (χ0) is 25.8. The number of aryl methyl sites for hydroxylation is 2. The van der Waals surface area contributed by atoms with Gasteiger partial charge in [0, 0.05) is 18.9 Å². The van der Waals surface area contributed by atoms with Crippen LogP contribution in [0.1, 0.15) is 61.8 Å². The van der Waals surface area contributed by atoms with Crippen molar-refractivity contribution in [2.45, 2.75) is 59.7 Å². The molecule has 3 rings (SSSR count). The summed E-state index contributed by atoms with van der Waals surface area (Å²) in [5, 5.41) is 5.39. The Kier molecular flexibility index (Phi) is 7.75. The molecule has 0 N–H and O–H groups in total. The monoisotopic (exact) mass is 477 g/mol. The molecule has 0 saturated heterocycles. The number of hydrogen-bond acceptors (Lipinski definition) is 7. The third-order valence-corrected chi connectivity index (χ3v) is 5.42. The molecule has 0 saturated carbocycles. The van der Waals surface area contributed by atoms with E-state index < -0.39 is 17.7 Å². The molecular formula is C26H31N5O4. The second kappa shape index (κ2) is 10.6. The summed E-state index contributed by atoms with van der Waals surface area (Å²) >= 11 is 0. The number of carbonyl (C=O) groups excluding carboxylic acids is 2. The predicted molar refractivity (Wildman–Crippen MR) is 131 cm³/mol. The van der Waals surface area contributed by atoms with Crippen molar-refractivity contribution in [3.05, 3.63) is 58.7 Å². The van der Waals surface area contributed by atoms with Gasteiger partial charge in [0.05, 0.1) is 11.7 Å². The maximum Gasteiger partial charge on any atom is 0.411 e. The van der Waals surface area contributed by atoms with Crippen molar-refractivity contribution in [3.8, 4) is 12.3 Å². The van der Waals surface area contributed by atoms with Gasteiger partial charge in [-0.2, -0.15) is 0 Å². The van der Waals surface area contributed by atoms with Crippen LogP contribution in [0.25, 0.3) is 0 Å². The van der Waals surface area contributed by atoms with Gasteiger partial charge in [0.1, 0.15) is 12.1 Å². The van der Waals surface area contributed by atoms with Gasteiger partial charge < -0.3 is 9.47 Å². The third kappa shape index (κ3) is 6.35. The summed E-state index contributed by atoms with van der Waals surface area (Å²) < 4.78 is 11.3. The number of aromatic nitrogens is 2. The molecule has 1 aliphatic rings. The molecule has 9 nitrogen and oxygen atoms in total. The van der Waals surface area contributed by atoms with Crippen molar-refractivity contribution in [2.75, 3.05) is 13.2 Å². The van der Waals surface area contributed by atoms with E-state index in [1.807, 2.05) is 53.7 Å². The molecule has 2 aromatic rings. The molecule has 1 unspecified atom stereocenters. The minimum Gasteiger partial charge on any atom is -0.465 e. The molecule has 1 aromatic heterocycles. The van der Waals surface area contributed by atoms with Crippen LogP contribution in [-0.2, 0) is 20.8 Å². The van der Waals surface area contributed by atoms with E-state index in [2.05, 4.69) is 27.1 Å². The Morgan fingerprint density at radius 2 is 1.97 bits per heavy atom. The number of rotatable bonds is 6. The van der Waals surface area contributed by atoms with E-state index in [0.717, 1.165) is 16.1 Å². The first-order valence-electron chi connectivity index (χ1n) is 11.3. The van der Waals surface area contributed by atoms with Gasteiger partial charge in [-0.25, -0.2) is 14.8 Å². The number of amides is 2. The minimum absolute atomic E-state index is 0.00759. The Hall–Kier alpha value is -3.93. The van der Waals surface area contributed by atoms with Crippen molar-refractivity contribution < 1.29 is 19.1 Å². The maximum absolute atomic E-state index is 13.3. The molecule has 0 spiro atoms. The number of benzene rings is 1. The lowest BCUT2D eigenvalue weighted by atomic mass is 10.0. The molecule has 1 aliphatic heterocycles. The fraction of sp³-hybridized carbons (Fsp3) is 0.423. The molecular weight excluding hydrogens is 446 g/mol. The summed E-state index contributed by atoms with van der Waals surface area (Å²) in [5.74, 6) is 2.17. The number of terminal acetylenes is 1. The van der Waals surface area contributed by atoms with E-state index in [9.17, 15) is 9.59 Å². The fourth-order valence-electron chi connectivity index (χ4n) is 3.47. The summed E-state index contributed by atoms with van der Waals surface area (Å²) in [7, 11) is 0. The van der Waals surface area contributed by atoms with Gasteiger partial charge in [0.25, 0.3) is 11.8 Å². The fourth-order valence-corrected chi connectivity index (χ4v) is 3.47. The lowest BCUT2D eigenvalue weighted by molar-refractivity contribution is -0.134. The van der Waals surface area contributed by atoms with Gasteiger partial charge in [0.2, 0.25) is 0 Å². The molecule has 0 radical (unpaired) electrons. The lowest BCUT2D eigenvalue weighted by Gasteiger charge is -2.32. The van der Waals surface area contributed by atoms with Crippen LogP contribution in [0.5, 0.6) is 0 Å². The van der Waals surface area contributed by atoms with E-state index in [0.29, 0.717) is 17.9 Å². The summed E-state index contributed by atoms with van der Waals surface area (Å²) in [4.78, 5) is 35.9. The van der Waals surface area contributed by atoms with Crippen molar-refractivity contribution in [1.29, 1.82) is 0 Å². The highest BCUT2D eigenvalue weighted by atomic mass is 16.6. The van der Waals surface area contributed by atoms with Gasteiger partial charge >= 0.3 is 6.09 Å². The number of ether oxygens (including phenoxy) is 2. The summed E-state index contributed by atoms with van der Waals surface area (Å²) in [6.45, 7) is 11.4. The summed E-state index contributed by atoms with van der Waals surface area (Å²) in [5.41, 5.74) is 3.34. The average Bonchev–Trinajstić information content (AvgIpc) is 2.80. The average molecular weight is 478 g/mol. The SMILES string of the molecule is C#CCN1N=C(c2nccnc2C(C)N(Cc2ccc(C)c(C)c2)C(=O)OC(C)(C)C)OCC1=O. The first-order valence-corrected chi connectivity index (χ1v) is 11.3. The van der Waals surface area contributed by atoms with Gasteiger partial charge in [-0.3, -0.25) is 14.7 Å². The second-order valence-electron chi connectivity index (χ2n) is 9.34. The van der Waals surface area contributed by atoms with Crippen molar-refractivity contribution in [2.24, 2.45) is 5.10 Å². The molecule has 1 aromatic carbocycles. The highest BCUT2D eigenvalue weighted by Gasteiger charge is 2.32. The first-order chi connectivity index (χ1) is 16.5. The van der Waals surface area contributed by atoms with E-state index in [1.165, 1.54) is 18.0 Å². The number of carbonyl (C=O) groups is 2. The lowest BCUT2D eigenvalue weighted by Crippen LogP contribution is -2.40. The Morgan fingerprint density at radius 1 is 1.26 bits per heavy atom. The van der Waals surface area contributed by atoms with Crippen molar-refractivity contribution in [3.63, 3.8) is 0 Å². The Bertz CT molecular complexity index is 1180. The Balaban J connectivity index is 2.01. The zero-order valence-electron chi connectivity index (χ0n) is 21.0. The predicted octanol–water partition coefficient (Wildman–Crippen LogP) is 3.75. The topological polar surface area (TPSA) is 97.2 Å². The van der Waals surface area contributed by atoms with Crippen molar-refractivity contribution in [1.82, 2.24) is 19.9 Å². The summed E-state index contributed by atoms with van der Waals surface area (Å²) in [6.07, 6.45) is 7.90. The number of hydrogen-bond donors (Lipinski definition) is 0. The molecule has 0 bridgehead atoms. The summed E-state index contributed by atoms with van der Waals surface area (Å²) in [6, 6.07) is 5.51. The third-order valence-electron chi connectivity index (χ3n) is 5.42. The molecule has 184 valence electrons. The largest absolute Gasteiger partial charge is 0.465 e. The van der Waals surface area contributed by atoms with Crippen molar-refractivity contribution >= 4 is 17.9 Å². The van der Waals surface area contributed by atoms with Gasteiger partial charge in [-0.15, -0.1) is 11.5 Å². The normalized spacial score (nSPS) is 14.5.